The molecule has 0 aromatic carbocycles. The van der Waals surface area contributed by atoms with Crippen molar-refractivity contribution in [3.05, 3.63) is 17.2 Å². The van der Waals surface area contributed by atoms with E-state index in [1.165, 1.54) is 0 Å². The highest BCUT2D eigenvalue weighted by Gasteiger charge is 2.34. The van der Waals surface area contributed by atoms with E-state index in [9.17, 15) is 4.79 Å². The van der Waals surface area contributed by atoms with Gasteiger partial charge in [-0.1, -0.05) is 6.92 Å². The van der Waals surface area contributed by atoms with Gasteiger partial charge in [-0.2, -0.15) is 0 Å². The largest absolute Gasteiger partial charge is 0.366 e. The van der Waals surface area contributed by atoms with Gasteiger partial charge in [0.05, 0.1) is 17.8 Å². The van der Waals surface area contributed by atoms with Crippen molar-refractivity contribution in [2.75, 3.05) is 19.7 Å². The predicted molar refractivity (Wildman–Crippen MR) is 74.3 cm³/mol. The molecule has 2 N–H and O–H groups in total. The van der Waals surface area contributed by atoms with Crippen molar-refractivity contribution in [1.29, 1.82) is 0 Å². The minimum Gasteiger partial charge on any atom is -0.366 e. The Morgan fingerprint density at radius 2 is 2.35 bits per heavy atom. The third-order valence-corrected chi connectivity index (χ3v) is 4.15. The fraction of sp³-hybridized carbons (Fsp3) is 0.714. The summed E-state index contributed by atoms with van der Waals surface area (Å²) in [5.74, 6) is 1.04. The number of fused-ring (bicyclic) bond motifs is 1. The molecule has 110 valence electrons. The molecule has 2 atom stereocenters. The fourth-order valence-corrected chi connectivity index (χ4v) is 3.01. The lowest BCUT2D eigenvalue weighted by molar-refractivity contribution is -0.140. The van der Waals surface area contributed by atoms with Gasteiger partial charge in [0.15, 0.2) is 0 Å². The monoisotopic (exact) mass is 278 g/mol. The molecule has 0 unspecified atom stereocenters. The summed E-state index contributed by atoms with van der Waals surface area (Å²) in [5.41, 5.74) is 2.26. The van der Waals surface area contributed by atoms with Crippen LogP contribution < -0.4 is 5.32 Å². The Morgan fingerprint density at radius 3 is 3.10 bits per heavy atom. The number of imidazole rings is 1. The number of carbonyl (C=O) groups is 1. The average Bonchev–Trinajstić information content (AvgIpc) is 2.79. The van der Waals surface area contributed by atoms with E-state index in [4.69, 9.17) is 4.74 Å². The van der Waals surface area contributed by atoms with Gasteiger partial charge in [-0.25, -0.2) is 4.98 Å². The molecule has 20 heavy (non-hydrogen) atoms. The number of hydrogen-bond donors (Lipinski definition) is 2. The second kappa shape index (κ2) is 5.54. The summed E-state index contributed by atoms with van der Waals surface area (Å²) in [6.07, 6.45) is 2.07. The summed E-state index contributed by atoms with van der Waals surface area (Å²) in [5, 5.41) is 3.03. The topological polar surface area (TPSA) is 70.2 Å². The highest BCUT2D eigenvalue weighted by Crippen LogP contribution is 2.19. The maximum absolute atomic E-state index is 11.4. The number of piperidine rings is 1. The zero-order chi connectivity index (χ0) is 14.1. The van der Waals surface area contributed by atoms with Gasteiger partial charge in [-0.3, -0.25) is 9.69 Å². The van der Waals surface area contributed by atoms with Crippen molar-refractivity contribution in [1.82, 2.24) is 20.2 Å². The van der Waals surface area contributed by atoms with Gasteiger partial charge in [0, 0.05) is 31.7 Å². The molecule has 6 heteroatoms. The van der Waals surface area contributed by atoms with Crippen molar-refractivity contribution in [2.24, 2.45) is 0 Å². The van der Waals surface area contributed by atoms with Crippen molar-refractivity contribution in [2.45, 2.75) is 45.4 Å². The van der Waals surface area contributed by atoms with Crippen molar-refractivity contribution >= 4 is 5.91 Å². The Kier molecular flexibility index (Phi) is 3.76. The van der Waals surface area contributed by atoms with E-state index in [1.807, 2.05) is 0 Å². The fourth-order valence-electron chi connectivity index (χ4n) is 3.01. The molecule has 6 nitrogen and oxygen atoms in total. The number of H-pyrrole nitrogens is 1. The first-order valence-corrected chi connectivity index (χ1v) is 7.33. The molecule has 0 radical (unpaired) electrons. The summed E-state index contributed by atoms with van der Waals surface area (Å²) >= 11 is 0. The van der Waals surface area contributed by atoms with E-state index in [1.54, 1.807) is 0 Å². The normalized spacial score (nSPS) is 27.2. The van der Waals surface area contributed by atoms with Crippen LogP contribution >= 0.6 is 0 Å². The molecule has 0 aliphatic carbocycles. The van der Waals surface area contributed by atoms with Gasteiger partial charge in [-0.15, -0.1) is 0 Å². The zero-order valence-corrected chi connectivity index (χ0v) is 12.1. The highest BCUT2D eigenvalue weighted by atomic mass is 16.5. The Bertz CT molecular complexity index is 499. The summed E-state index contributed by atoms with van der Waals surface area (Å²) in [6.45, 7) is 7.04. The van der Waals surface area contributed by atoms with Crippen LogP contribution in [0.1, 0.15) is 30.6 Å². The number of aromatic amines is 1. The molecule has 2 aliphatic heterocycles. The number of nitrogens with zero attached hydrogens (tertiary/aromatic N) is 2. The number of morpholine rings is 1. The first-order valence-electron chi connectivity index (χ1n) is 7.33. The van der Waals surface area contributed by atoms with Crippen molar-refractivity contribution in [3.63, 3.8) is 0 Å². The quantitative estimate of drug-likeness (QED) is 0.838. The van der Waals surface area contributed by atoms with Crippen LogP contribution in [0, 0.1) is 6.92 Å². The summed E-state index contributed by atoms with van der Waals surface area (Å²) in [4.78, 5) is 21.7. The molecule has 1 aromatic heterocycles. The minimum atomic E-state index is -0.00248. The number of hydrogen-bond acceptors (Lipinski definition) is 4. The SMILES string of the molecule is CCc1nc(CN2CC[C@H]3OCC(=O)N[C@H]3C2)c(C)[nH]1. The first-order chi connectivity index (χ1) is 9.65. The van der Waals surface area contributed by atoms with Gasteiger partial charge >= 0.3 is 0 Å². The van der Waals surface area contributed by atoms with Gasteiger partial charge in [0.2, 0.25) is 5.91 Å². The number of amides is 1. The Balaban J connectivity index is 1.63. The van der Waals surface area contributed by atoms with E-state index in [0.29, 0.717) is 0 Å². The van der Waals surface area contributed by atoms with Crippen LogP contribution in [0.25, 0.3) is 0 Å². The van der Waals surface area contributed by atoms with Gasteiger partial charge in [0.25, 0.3) is 0 Å². The lowest BCUT2D eigenvalue weighted by atomic mass is 10.0. The second-order valence-corrected chi connectivity index (χ2v) is 5.66. The predicted octanol–water partition coefficient (Wildman–Crippen LogP) is 0.370. The van der Waals surface area contributed by atoms with E-state index < -0.39 is 0 Å². The molecule has 0 spiro atoms. The molecule has 2 saturated heterocycles. The maximum atomic E-state index is 11.4. The number of nitrogens with one attached hydrogen (secondary N) is 2. The minimum absolute atomic E-state index is 0.00248. The standard InChI is InChI=1S/C14H22N4O2/c1-3-13-15-9(2)10(16-13)6-18-5-4-12-11(7-18)17-14(19)8-20-12/h11-12H,3-8H2,1-2H3,(H,15,16)(H,17,19)/t11-,12+/m0/s1. The van der Waals surface area contributed by atoms with Crippen LogP contribution in [0.5, 0.6) is 0 Å². The Hall–Kier alpha value is -1.40. The summed E-state index contributed by atoms with van der Waals surface area (Å²) < 4.78 is 5.58. The van der Waals surface area contributed by atoms with E-state index in [0.717, 1.165) is 49.7 Å². The number of aryl methyl sites for hydroxylation is 2. The molecule has 3 rings (SSSR count). The lowest BCUT2D eigenvalue weighted by Gasteiger charge is -2.40. The number of rotatable bonds is 3. The van der Waals surface area contributed by atoms with Crippen molar-refractivity contribution < 1.29 is 9.53 Å². The average molecular weight is 278 g/mol. The number of aromatic nitrogens is 2. The Labute approximate surface area is 118 Å². The van der Waals surface area contributed by atoms with E-state index in [-0.39, 0.29) is 24.7 Å². The maximum Gasteiger partial charge on any atom is 0.246 e. The van der Waals surface area contributed by atoms with Gasteiger partial charge in [0.1, 0.15) is 12.4 Å². The van der Waals surface area contributed by atoms with E-state index >= 15 is 0 Å². The molecule has 1 aromatic rings. The third-order valence-electron chi connectivity index (χ3n) is 4.15. The second-order valence-electron chi connectivity index (χ2n) is 5.66. The molecule has 2 fully saturated rings. The van der Waals surface area contributed by atoms with Gasteiger partial charge < -0.3 is 15.0 Å². The van der Waals surface area contributed by atoms with Crippen LogP contribution in [0.3, 0.4) is 0 Å². The van der Waals surface area contributed by atoms with Gasteiger partial charge in [-0.05, 0) is 13.3 Å². The summed E-state index contributed by atoms with van der Waals surface area (Å²) in [6, 6.07) is 0.120. The highest BCUT2D eigenvalue weighted by molar-refractivity contribution is 5.78. The number of likely N-dealkylation sites (tertiary alicyclic amines) is 1. The van der Waals surface area contributed by atoms with Crippen LogP contribution in [-0.4, -0.2) is 52.6 Å². The third kappa shape index (κ3) is 2.71. The Morgan fingerprint density at radius 1 is 1.50 bits per heavy atom. The summed E-state index contributed by atoms with van der Waals surface area (Å²) in [7, 11) is 0. The molecule has 0 saturated carbocycles. The smallest absolute Gasteiger partial charge is 0.246 e. The molecule has 0 bridgehead atoms. The van der Waals surface area contributed by atoms with E-state index in [2.05, 4.69) is 34.0 Å². The molecular formula is C14H22N4O2. The lowest BCUT2D eigenvalue weighted by Crippen LogP contribution is -2.60. The van der Waals surface area contributed by atoms with Crippen LogP contribution in [0.2, 0.25) is 0 Å². The van der Waals surface area contributed by atoms with Crippen LogP contribution in [-0.2, 0) is 22.5 Å². The number of ether oxygens (including phenoxy) is 1. The first kappa shape index (κ1) is 13.6. The molecule has 2 aliphatic rings. The molecular weight excluding hydrogens is 256 g/mol. The van der Waals surface area contributed by atoms with Crippen LogP contribution in [0.15, 0.2) is 0 Å². The van der Waals surface area contributed by atoms with Crippen LogP contribution in [0.4, 0.5) is 0 Å². The molecule has 1 amide bonds. The molecule has 3 heterocycles. The van der Waals surface area contributed by atoms with Crippen molar-refractivity contribution in [3.8, 4) is 0 Å². The number of carbonyl (C=O) groups excluding carboxylic acids is 1. The zero-order valence-electron chi connectivity index (χ0n) is 12.1.